The summed E-state index contributed by atoms with van der Waals surface area (Å²) in [7, 11) is 0. The molecule has 6 atom stereocenters. The van der Waals surface area contributed by atoms with Gasteiger partial charge in [-0.1, -0.05) is 131 Å². The third-order valence-electron chi connectivity index (χ3n) is 14.7. The Labute approximate surface area is 416 Å². The molecule has 0 saturated heterocycles. The molecule has 0 radical (unpaired) electrons. The summed E-state index contributed by atoms with van der Waals surface area (Å²) in [5.41, 5.74) is 3.93. The van der Waals surface area contributed by atoms with Crippen LogP contribution in [0.1, 0.15) is 140 Å². The smallest absolute Gasteiger partial charge is 0.239 e. The molecule has 9 nitrogen and oxygen atoms in total. The summed E-state index contributed by atoms with van der Waals surface area (Å²) >= 11 is 1.69. The van der Waals surface area contributed by atoms with Crippen molar-refractivity contribution in [2.45, 2.75) is 152 Å². The van der Waals surface area contributed by atoms with E-state index in [1.165, 1.54) is 38.5 Å². The van der Waals surface area contributed by atoms with Crippen LogP contribution in [0, 0.1) is 17.8 Å². The van der Waals surface area contributed by atoms with Crippen molar-refractivity contribution in [2.75, 3.05) is 32.7 Å². The minimum Gasteiger partial charge on any atom is -0.459 e. The number of ether oxygens (including phenoxy) is 3. The third kappa shape index (κ3) is 12.8. The molecule has 0 spiro atoms. The summed E-state index contributed by atoms with van der Waals surface area (Å²) in [6.07, 6.45) is 22.3. The standard InChI is InChI=1S/C59H78N2O7S/c1-5-8-9-10-11-12-13-14-15-29-56(64)61(42-45-26-22-25-43-23-16-17-27-49(43)45)55-41-53(60-66-7-3)51-39-44(24-18-20-36-62)50(28-19-21-37-63)57-52-40-47(67-46-30-33-48(69-4)34-31-46)32-35-54(52)68-59(55,58(51)57)65-38-6-2/h6,16-17,22-23,25-27,30-35,39-40,44,50,55,57-58,62-63H,2,5,7-15,18-21,24,28-29,36-38,41-42H2,1,3-4H3/t44-,50+,55-,57+,58+,59+/m0/s1. The SMILES string of the molecule is C=CCO[C@@]12Oc3ccc(Oc4ccc(SC)cc4)cc3[C@H]3[C@H](CCCCO)[C@@H](CCCCO)C=C(C(=NOCC)C[C@@H]1N(Cc1cccc4ccccc14)C(=O)CCCCCCCCCCC)[C@H]32. The Kier molecular flexibility index (Phi) is 20.1. The maximum atomic E-state index is 15.4. The Hall–Kier alpha value is -4.61. The second-order valence-corrected chi connectivity index (χ2v) is 20.1. The number of hydrogen-bond acceptors (Lipinski definition) is 9. The van der Waals surface area contributed by atoms with Gasteiger partial charge in [-0.15, -0.1) is 18.3 Å². The van der Waals surface area contributed by atoms with E-state index in [2.05, 4.69) is 91.4 Å². The van der Waals surface area contributed by atoms with Crippen LogP contribution in [0.3, 0.4) is 0 Å². The van der Waals surface area contributed by atoms with E-state index < -0.39 is 17.7 Å². The van der Waals surface area contributed by atoms with Crippen molar-refractivity contribution in [1.29, 1.82) is 0 Å². The first kappa shape index (κ1) is 52.2. The number of aliphatic hydroxyl groups excluding tert-OH is 2. The average molecular weight is 959 g/mol. The van der Waals surface area contributed by atoms with Crippen LogP contribution in [0.15, 0.2) is 119 Å². The van der Waals surface area contributed by atoms with Gasteiger partial charge in [-0.2, -0.15) is 0 Å². The van der Waals surface area contributed by atoms with E-state index in [0.717, 1.165) is 88.8 Å². The minimum atomic E-state index is -1.34. The molecule has 0 unspecified atom stereocenters. The largest absolute Gasteiger partial charge is 0.459 e. The molecule has 7 rings (SSSR count). The van der Waals surface area contributed by atoms with E-state index in [4.69, 9.17) is 24.2 Å². The number of allylic oxidation sites excluding steroid dienone is 1. The molecule has 69 heavy (non-hydrogen) atoms. The molecule has 1 saturated carbocycles. The van der Waals surface area contributed by atoms with Crippen molar-refractivity contribution in [3.8, 4) is 17.2 Å². The lowest BCUT2D eigenvalue weighted by Crippen LogP contribution is -2.70. The topological polar surface area (TPSA) is 110 Å². The highest BCUT2D eigenvalue weighted by molar-refractivity contribution is 7.98. The van der Waals surface area contributed by atoms with Crippen LogP contribution < -0.4 is 9.47 Å². The third-order valence-corrected chi connectivity index (χ3v) is 15.4. The fourth-order valence-corrected chi connectivity index (χ4v) is 11.8. The summed E-state index contributed by atoms with van der Waals surface area (Å²) in [5, 5.41) is 27.3. The molecule has 4 aromatic carbocycles. The van der Waals surface area contributed by atoms with Crippen molar-refractivity contribution >= 4 is 34.2 Å². The van der Waals surface area contributed by atoms with Gasteiger partial charge in [-0.3, -0.25) is 4.79 Å². The van der Waals surface area contributed by atoms with Crippen molar-refractivity contribution in [2.24, 2.45) is 22.9 Å². The number of unbranched alkanes of at least 4 members (excludes halogenated alkanes) is 10. The van der Waals surface area contributed by atoms with Gasteiger partial charge in [-0.25, -0.2) is 0 Å². The van der Waals surface area contributed by atoms with Gasteiger partial charge in [0.15, 0.2) is 0 Å². The number of nitrogens with zero attached hydrogens (tertiary/aromatic N) is 2. The fourth-order valence-electron chi connectivity index (χ4n) is 11.4. The van der Waals surface area contributed by atoms with Gasteiger partial charge in [0.1, 0.15) is 29.9 Å². The van der Waals surface area contributed by atoms with Crippen LogP contribution in [0.4, 0.5) is 0 Å². The number of benzene rings is 4. The maximum absolute atomic E-state index is 15.4. The molecular weight excluding hydrogens is 881 g/mol. The molecule has 4 aromatic rings. The van der Waals surface area contributed by atoms with Gasteiger partial charge in [0.2, 0.25) is 11.7 Å². The van der Waals surface area contributed by atoms with Gasteiger partial charge < -0.3 is 34.2 Å². The van der Waals surface area contributed by atoms with Gasteiger partial charge in [0.05, 0.1) is 18.2 Å². The summed E-state index contributed by atoms with van der Waals surface area (Å²) in [5.74, 6) is 0.565. The zero-order chi connectivity index (χ0) is 48.4. The monoisotopic (exact) mass is 959 g/mol. The molecule has 1 aliphatic heterocycles. The number of amides is 1. The Morgan fingerprint density at radius 2 is 1.57 bits per heavy atom. The van der Waals surface area contributed by atoms with Crippen LogP contribution in [0.2, 0.25) is 0 Å². The van der Waals surface area contributed by atoms with Crippen LogP contribution in [0.5, 0.6) is 17.2 Å². The van der Waals surface area contributed by atoms with Crippen LogP contribution in [-0.4, -0.2) is 71.2 Å². The Morgan fingerprint density at radius 1 is 0.855 bits per heavy atom. The van der Waals surface area contributed by atoms with E-state index >= 15 is 4.79 Å². The molecular formula is C59H78N2O7S. The van der Waals surface area contributed by atoms with E-state index in [1.54, 1.807) is 17.8 Å². The van der Waals surface area contributed by atoms with Crippen LogP contribution in [0.25, 0.3) is 10.8 Å². The summed E-state index contributed by atoms with van der Waals surface area (Å²) < 4.78 is 21.5. The lowest BCUT2D eigenvalue weighted by molar-refractivity contribution is -0.258. The van der Waals surface area contributed by atoms with Gasteiger partial charge >= 0.3 is 0 Å². The van der Waals surface area contributed by atoms with E-state index in [-0.39, 0.29) is 43.5 Å². The number of thioether (sulfide) groups is 1. The summed E-state index contributed by atoms with van der Waals surface area (Å²) in [6.45, 7) is 9.57. The predicted molar refractivity (Wildman–Crippen MR) is 281 cm³/mol. The Morgan fingerprint density at radius 3 is 2.29 bits per heavy atom. The highest BCUT2D eigenvalue weighted by Crippen LogP contribution is 2.62. The number of aliphatic hydroxyl groups is 2. The van der Waals surface area contributed by atoms with Crippen molar-refractivity contribution < 1.29 is 34.1 Å². The first-order valence-corrected chi connectivity index (χ1v) is 27.4. The molecule has 3 aliphatic rings. The van der Waals surface area contributed by atoms with Gasteiger partial charge in [0.25, 0.3) is 0 Å². The van der Waals surface area contributed by atoms with Crippen molar-refractivity contribution in [1.82, 2.24) is 4.90 Å². The average Bonchev–Trinajstić information content (AvgIpc) is 3.37. The van der Waals surface area contributed by atoms with Gasteiger partial charge in [0, 0.05) is 49.0 Å². The number of fused-ring (bicyclic) bond motifs is 3. The summed E-state index contributed by atoms with van der Waals surface area (Å²) in [6, 6.07) is 28.5. The highest BCUT2D eigenvalue weighted by Gasteiger charge is 2.65. The second kappa shape index (κ2) is 26.6. The molecule has 1 heterocycles. The number of carbonyl (C=O) groups excluding carboxylic acids is 1. The van der Waals surface area contributed by atoms with Gasteiger partial charge in [-0.05, 0) is 121 Å². The zero-order valence-corrected chi connectivity index (χ0v) is 42.4. The number of rotatable bonds is 29. The van der Waals surface area contributed by atoms with Crippen LogP contribution >= 0.6 is 11.8 Å². The summed E-state index contributed by atoms with van der Waals surface area (Å²) in [4.78, 5) is 24.7. The first-order valence-electron chi connectivity index (χ1n) is 26.2. The Bertz CT molecular complexity index is 2310. The molecule has 372 valence electrons. The second-order valence-electron chi connectivity index (χ2n) is 19.2. The lowest BCUT2D eigenvalue weighted by atomic mass is 9.55. The van der Waals surface area contributed by atoms with Crippen molar-refractivity contribution in [3.05, 3.63) is 120 Å². The molecule has 2 aliphatic carbocycles. The quantitative estimate of drug-likeness (QED) is 0.0240. The molecule has 0 aromatic heterocycles. The molecule has 1 fully saturated rings. The van der Waals surface area contributed by atoms with E-state index in [1.807, 2.05) is 31.2 Å². The first-order chi connectivity index (χ1) is 33.9. The number of carbonyl (C=O) groups is 1. The zero-order valence-electron chi connectivity index (χ0n) is 41.6. The minimum absolute atomic E-state index is 0.0695. The molecule has 1 amide bonds. The van der Waals surface area contributed by atoms with E-state index in [0.29, 0.717) is 50.3 Å². The fraction of sp³-hybridized carbons (Fsp3) is 0.525. The maximum Gasteiger partial charge on any atom is 0.239 e. The normalized spacial score (nSPS) is 22.1. The van der Waals surface area contributed by atoms with Crippen molar-refractivity contribution in [3.63, 3.8) is 0 Å². The molecule has 2 N–H and O–H groups in total. The Balaban J connectivity index is 1.38. The molecule has 0 bridgehead atoms. The lowest BCUT2D eigenvalue weighted by Gasteiger charge is -2.60. The predicted octanol–water partition coefficient (Wildman–Crippen LogP) is 14.0. The number of oxime groups is 1. The number of hydrogen-bond donors (Lipinski definition) is 2. The highest BCUT2D eigenvalue weighted by atomic mass is 32.2. The van der Waals surface area contributed by atoms with E-state index in [9.17, 15) is 10.2 Å². The molecule has 10 heteroatoms. The van der Waals surface area contributed by atoms with Crippen LogP contribution in [-0.2, 0) is 20.9 Å².